The predicted molar refractivity (Wildman–Crippen MR) is 51.4 cm³/mol. The van der Waals surface area contributed by atoms with Gasteiger partial charge in [-0.05, 0) is 22.4 Å². The van der Waals surface area contributed by atoms with Crippen molar-refractivity contribution in [3.63, 3.8) is 0 Å². The topological polar surface area (TPSA) is 33.2 Å². The number of hydrogen-bond acceptors (Lipinski definition) is 3. The number of anilines is 1. The maximum Gasteiger partial charge on any atom is 0.228 e. The number of halogens is 1. The van der Waals surface area contributed by atoms with Crippen LogP contribution in [0.1, 0.15) is 12.8 Å². The van der Waals surface area contributed by atoms with Crippen molar-refractivity contribution in [1.29, 1.82) is 0 Å². The zero-order valence-corrected chi connectivity index (χ0v) is 8.69. The number of aromatic nitrogens is 1. The molecule has 0 aromatic carbocycles. The normalized spacial score (nSPS) is 17.4. The van der Waals surface area contributed by atoms with E-state index in [4.69, 9.17) is 0 Å². The molecule has 1 fully saturated rings. The molecule has 1 aromatic rings. The van der Waals surface area contributed by atoms with Gasteiger partial charge in [0.25, 0.3) is 0 Å². The largest absolute Gasteiger partial charge is 0.288 e. The Labute approximate surface area is 82.5 Å². The molecule has 5 heteroatoms. The molecule has 1 amide bonds. The molecule has 0 N–H and O–H groups in total. The Kier molecular flexibility index (Phi) is 2.14. The van der Waals surface area contributed by atoms with Crippen LogP contribution in [-0.4, -0.2) is 17.4 Å². The van der Waals surface area contributed by atoms with Gasteiger partial charge in [-0.25, -0.2) is 4.98 Å². The molecule has 2 rings (SSSR count). The van der Waals surface area contributed by atoms with Gasteiger partial charge >= 0.3 is 0 Å². The average Bonchev–Trinajstić information content (AvgIpc) is 2.58. The van der Waals surface area contributed by atoms with E-state index in [1.807, 2.05) is 0 Å². The van der Waals surface area contributed by atoms with Gasteiger partial charge in [-0.3, -0.25) is 9.69 Å². The van der Waals surface area contributed by atoms with Gasteiger partial charge in [0.15, 0.2) is 5.13 Å². The summed E-state index contributed by atoms with van der Waals surface area (Å²) in [7, 11) is 0. The summed E-state index contributed by atoms with van der Waals surface area (Å²) in [5.74, 6) is 0.192. The Morgan fingerprint density at radius 1 is 1.67 bits per heavy atom. The van der Waals surface area contributed by atoms with Crippen molar-refractivity contribution in [2.45, 2.75) is 12.8 Å². The van der Waals surface area contributed by atoms with Gasteiger partial charge in [0, 0.05) is 13.0 Å². The number of amides is 1. The fraction of sp³-hybridized carbons (Fsp3) is 0.429. The van der Waals surface area contributed by atoms with Gasteiger partial charge in [-0.15, -0.1) is 0 Å². The van der Waals surface area contributed by atoms with E-state index >= 15 is 0 Å². The molecule has 1 aliphatic rings. The Morgan fingerprint density at radius 3 is 3.00 bits per heavy atom. The molecule has 0 bridgehead atoms. The van der Waals surface area contributed by atoms with Crippen LogP contribution in [0.5, 0.6) is 0 Å². The van der Waals surface area contributed by atoms with E-state index in [9.17, 15) is 4.79 Å². The summed E-state index contributed by atoms with van der Waals surface area (Å²) in [5, 5.41) is 0.810. The third-order valence-electron chi connectivity index (χ3n) is 1.77. The van der Waals surface area contributed by atoms with Crippen molar-refractivity contribution in [2.75, 3.05) is 11.4 Å². The van der Waals surface area contributed by atoms with E-state index in [0.29, 0.717) is 6.42 Å². The molecule has 0 radical (unpaired) electrons. The van der Waals surface area contributed by atoms with Crippen molar-refractivity contribution in [3.8, 4) is 0 Å². The fourth-order valence-electron chi connectivity index (χ4n) is 1.22. The maximum absolute atomic E-state index is 11.3. The molecule has 64 valence electrons. The van der Waals surface area contributed by atoms with E-state index in [-0.39, 0.29) is 5.91 Å². The summed E-state index contributed by atoms with van der Waals surface area (Å²) in [6.45, 7) is 0.818. The molecule has 2 heterocycles. The van der Waals surface area contributed by atoms with Crippen molar-refractivity contribution < 1.29 is 4.79 Å². The highest BCUT2D eigenvalue weighted by Gasteiger charge is 2.23. The summed E-state index contributed by atoms with van der Waals surface area (Å²) >= 11 is 4.82. The van der Waals surface area contributed by atoms with Gasteiger partial charge in [0.2, 0.25) is 5.91 Å². The van der Waals surface area contributed by atoms with Gasteiger partial charge in [0.1, 0.15) is 0 Å². The lowest BCUT2D eigenvalue weighted by atomic mass is 10.4. The number of carbonyl (C=O) groups is 1. The second-order valence-electron chi connectivity index (χ2n) is 2.60. The van der Waals surface area contributed by atoms with Gasteiger partial charge in [-0.1, -0.05) is 11.3 Å². The highest BCUT2D eigenvalue weighted by atomic mass is 79.9. The van der Waals surface area contributed by atoms with E-state index < -0.39 is 0 Å². The Hall–Kier alpha value is -0.420. The molecule has 1 saturated heterocycles. The van der Waals surface area contributed by atoms with Crippen molar-refractivity contribution in [1.82, 2.24) is 4.98 Å². The molecular weight excluding hydrogens is 240 g/mol. The minimum atomic E-state index is 0.192. The average molecular weight is 247 g/mol. The molecule has 0 aliphatic carbocycles. The Balaban J connectivity index is 2.24. The number of thiazole rings is 1. The first-order chi connectivity index (χ1) is 5.77. The molecule has 1 aliphatic heterocycles. The summed E-state index contributed by atoms with van der Waals surface area (Å²) in [6.07, 6.45) is 3.35. The number of rotatable bonds is 1. The van der Waals surface area contributed by atoms with Crippen LogP contribution in [-0.2, 0) is 4.79 Å². The summed E-state index contributed by atoms with van der Waals surface area (Å²) < 4.78 is 0.970. The molecule has 0 saturated carbocycles. The first-order valence-electron chi connectivity index (χ1n) is 3.69. The van der Waals surface area contributed by atoms with Crippen LogP contribution in [0.4, 0.5) is 5.13 Å². The van der Waals surface area contributed by atoms with Crippen molar-refractivity contribution in [3.05, 3.63) is 9.98 Å². The Morgan fingerprint density at radius 2 is 2.50 bits per heavy atom. The maximum atomic E-state index is 11.3. The standard InChI is InChI=1S/C7H7BrN2OS/c8-5-4-9-7(12-5)10-3-1-2-6(10)11/h4H,1-3H2. The minimum absolute atomic E-state index is 0.192. The smallest absolute Gasteiger partial charge is 0.228 e. The third kappa shape index (κ3) is 1.38. The van der Waals surface area contributed by atoms with E-state index in [1.54, 1.807) is 11.1 Å². The van der Waals surface area contributed by atoms with Crippen LogP contribution in [0.3, 0.4) is 0 Å². The quantitative estimate of drug-likeness (QED) is 0.760. The minimum Gasteiger partial charge on any atom is -0.288 e. The van der Waals surface area contributed by atoms with Crippen LogP contribution in [0.25, 0.3) is 0 Å². The molecule has 12 heavy (non-hydrogen) atoms. The van der Waals surface area contributed by atoms with Crippen LogP contribution in [0, 0.1) is 0 Å². The SMILES string of the molecule is O=C1CCCN1c1ncc(Br)s1. The molecule has 0 spiro atoms. The van der Waals surface area contributed by atoms with Crippen LogP contribution in [0.15, 0.2) is 9.98 Å². The molecular formula is C7H7BrN2OS. The van der Waals surface area contributed by atoms with E-state index in [0.717, 1.165) is 21.9 Å². The van der Waals surface area contributed by atoms with E-state index in [2.05, 4.69) is 20.9 Å². The highest BCUT2D eigenvalue weighted by Crippen LogP contribution is 2.29. The summed E-state index contributed by atoms with van der Waals surface area (Å²) in [5.41, 5.74) is 0. The van der Waals surface area contributed by atoms with Gasteiger partial charge in [0.05, 0.1) is 9.98 Å². The number of nitrogens with zero attached hydrogens (tertiary/aromatic N) is 2. The molecule has 1 aromatic heterocycles. The molecule has 0 unspecified atom stereocenters. The van der Waals surface area contributed by atoms with E-state index in [1.165, 1.54) is 11.3 Å². The van der Waals surface area contributed by atoms with Crippen LogP contribution >= 0.6 is 27.3 Å². The second kappa shape index (κ2) is 3.14. The number of carbonyl (C=O) groups excluding carboxylic acids is 1. The highest BCUT2D eigenvalue weighted by molar-refractivity contribution is 9.11. The lowest BCUT2D eigenvalue weighted by Gasteiger charge is -2.09. The lowest BCUT2D eigenvalue weighted by Crippen LogP contribution is -2.23. The predicted octanol–water partition coefficient (Wildman–Crippen LogP) is 2.03. The molecule has 0 atom stereocenters. The van der Waals surface area contributed by atoms with Crippen LogP contribution < -0.4 is 4.90 Å². The van der Waals surface area contributed by atoms with Gasteiger partial charge in [-0.2, -0.15) is 0 Å². The molecule has 3 nitrogen and oxygen atoms in total. The number of hydrogen-bond donors (Lipinski definition) is 0. The summed E-state index contributed by atoms with van der Waals surface area (Å²) in [6, 6.07) is 0. The second-order valence-corrected chi connectivity index (χ2v) is 4.98. The first-order valence-corrected chi connectivity index (χ1v) is 5.30. The zero-order chi connectivity index (χ0) is 8.55. The first kappa shape index (κ1) is 8.19. The third-order valence-corrected chi connectivity index (χ3v) is 3.27. The van der Waals surface area contributed by atoms with Crippen molar-refractivity contribution in [2.24, 2.45) is 0 Å². The Bertz CT molecular complexity index is 312. The fourth-order valence-corrected chi connectivity index (χ4v) is 2.45. The monoisotopic (exact) mass is 246 g/mol. The van der Waals surface area contributed by atoms with Gasteiger partial charge < -0.3 is 0 Å². The zero-order valence-electron chi connectivity index (χ0n) is 6.29. The van der Waals surface area contributed by atoms with Crippen LogP contribution in [0.2, 0.25) is 0 Å². The van der Waals surface area contributed by atoms with Crippen molar-refractivity contribution >= 4 is 38.3 Å². The lowest BCUT2D eigenvalue weighted by molar-refractivity contribution is -0.117. The summed E-state index contributed by atoms with van der Waals surface area (Å²) in [4.78, 5) is 17.1.